The fourth-order valence-corrected chi connectivity index (χ4v) is 3.92. The van der Waals surface area contributed by atoms with Gasteiger partial charge < -0.3 is 14.6 Å². The van der Waals surface area contributed by atoms with E-state index in [-0.39, 0.29) is 18.2 Å². The van der Waals surface area contributed by atoms with Crippen molar-refractivity contribution in [2.45, 2.75) is 13.3 Å². The summed E-state index contributed by atoms with van der Waals surface area (Å²) in [4.78, 5) is 31.5. The van der Waals surface area contributed by atoms with E-state index >= 15 is 0 Å². The van der Waals surface area contributed by atoms with Crippen molar-refractivity contribution in [3.63, 3.8) is 0 Å². The molecule has 0 bridgehead atoms. The molecule has 5 rings (SSSR count). The van der Waals surface area contributed by atoms with Crippen LogP contribution in [0.4, 0.5) is 11.4 Å². The quantitative estimate of drug-likeness (QED) is 0.571. The van der Waals surface area contributed by atoms with Crippen molar-refractivity contribution in [2.24, 2.45) is 5.92 Å². The van der Waals surface area contributed by atoms with Gasteiger partial charge in [0.2, 0.25) is 11.8 Å². The summed E-state index contributed by atoms with van der Waals surface area (Å²) in [5.74, 6) is -0.0310. The monoisotopic (exact) mass is 385 g/mol. The molecule has 2 heterocycles. The molecule has 144 valence electrons. The summed E-state index contributed by atoms with van der Waals surface area (Å²) in [6.45, 7) is 2.15. The molecule has 3 aromatic carbocycles. The molecule has 1 N–H and O–H groups in total. The Hall–Kier alpha value is -3.67. The van der Waals surface area contributed by atoms with Gasteiger partial charge in [0.1, 0.15) is 5.52 Å². The molecular formula is C23H19N3O3. The van der Waals surface area contributed by atoms with Gasteiger partial charge in [0.25, 0.3) is 0 Å². The summed E-state index contributed by atoms with van der Waals surface area (Å²) < 4.78 is 5.46. The zero-order chi connectivity index (χ0) is 20.0. The van der Waals surface area contributed by atoms with Crippen molar-refractivity contribution < 1.29 is 14.0 Å². The van der Waals surface area contributed by atoms with Crippen molar-refractivity contribution in [3.05, 3.63) is 66.6 Å². The lowest BCUT2D eigenvalue weighted by Crippen LogP contribution is -2.28. The van der Waals surface area contributed by atoms with Crippen LogP contribution in [0.25, 0.3) is 21.9 Å². The minimum Gasteiger partial charge on any atom is -0.441 e. The highest BCUT2D eigenvalue weighted by Crippen LogP contribution is 2.32. The van der Waals surface area contributed by atoms with Crippen LogP contribution in [0.3, 0.4) is 0 Å². The molecule has 6 nitrogen and oxygen atoms in total. The predicted molar refractivity (Wildman–Crippen MR) is 112 cm³/mol. The maximum absolute atomic E-state index is 12.8. The van der Waals surface area contributed by atoms with E-state index in [2.05, 4.69) is 10.3 Å². The smallest absolute Gasteiger partial charge is 0.229 e. The number of aromatic nitrogens is 1. The fourth-order valence-electron chi connectivity index (χ4n) is 3.92. The van der Waals surface area contributed by atoms with Crippen molar-refractivity contribution in [1.29, 1.82) is 0 Å². The second kappa shape index (κ2) is 6.74. The van der Waals surface area contributed by atoms with Crippen LogP contribution < -0.4 is 10.2 Å². The van der Waals surface area contributed by atoms with Crippen LogP contribution >= 0.6 is 0 Å². The molecule has 1 aromatic heterocycles. The Balaban J connectivity index is 1.37. The molecule has 4 aromatic rings. The molecule has 1 saturated heterocycles. The molecule has 0 saturated carbocycles. The van der Waals surface area contributed by atoms with Crippen LogP contribution in [0.5, 0.6) is 0 Å². The van der Waals surface area contributed by atoms with Gasteiger partial charge in [0.15, 0.2) is 11.5 Å². The number of fused-ring (bicyclic) bond motifs is 2. The summed E-state index contributed by atoms with van der Waals surface area (Å²) >= 11 is 0. The largest absolute Gasteiger partial charge is 0.441 e. The standard InChI is InChI=1S/C23H19N3O3/c1-14-24-19-12-17(9-10-21(19)29-14)25-23(28)16-11-22(27)26(13-16)20-8-4-6-15-5-2-3-7-18(15)20/h2-10,12,16H,11,13H2,1H3,(H,25,28)/t16-/m0/s1. The van der Waals surface area contributed by atoms with Gasteiger partial charge in [-0.15, -0.1) is 0 Å². The van der Waals surface area contributed by atoms with E-state index in [9.17, 15) is 9.59 Å². The fraction of sp³-hybridized carbons (Fsp3) is 0.174. The van der Waals surface area contributed by atoms with Crippen molar-refractivity contribution >= 4 is 45.1 Å². The maximum Gasteiger partial charge on any atom is 0.229 e. The summed E-state index contributed by atoms with van der Waals surface area (Å²) in [6.07, 6.45) is 0.195. The number of aryl methyl sites for hydroxylation is 1. The van der Waals surface area contributed by atoms with Gasteiger partial charge in [0.05, 0.1) is 11.6 Å². The SMILES string of the molecule is Cc1nc2cc(NC(=O)[C@H]3CC(=O)N(c4cccc5ccccc45)C3)ccc2o1. The highest BCUT2D eigenvalue weighted by atomic mass is 16.3. The average molecular weight is 385 g/mol. The molecule has 1 aliphatic heterocycles. The Morgan fingerprint density at radius 1 is 1.14 bits per heavy atom. The zero-order valence-corrected chi connectivity index (χ0v) is 15.9. The predicted octanol–water partition coefficient (Wildman–Crippen LogP) is 4.28. The number of hydrogen-bond donors (Lipinski definition) is 1. The summed E-state index contributed by atoms with van der Waals surface area (Å²) in [5, 5.41) is 5.00. The second-order valence-corrected chi connectivity index (χ2v) is 7.31. The number of rotatable bonds is 3. The first kappa shape index (κ1) is 17.4. The number of carbonyl (C=O) groups excluding carboxylic acids is 2. The Morgan fingerprint density at radius 2 is 1.97 bits per heavy atom. The van der Waals surface area contributed by atoms with Crippen LogP contribution in [0.1, 0.15) is 12.3 Å². The number of nitrogens with zero attached hydrogens (tertiary/aromatic N) is 2. The number of carbonyl (C=O) groups is 2. The molecule has 1 aliphatic rings. The lowest BCUT2D eigenvalue weighted by Gasteiger charge is -2.19. The number of oxazole rings is 1. The number of anilines is 2. The molecule has 1 atom stereocenters. The molecule has 1 fully saturated rings. The summed E-state index contributed by atoms with van der Waals surface area (Å²) in [6, 6.07) is 19.2. The van der Waals surface area contributed by atoms with Crippen molar-refractivity contribution in [3.8, 4) is 0 Å². The van der Waals surface area contributed by atoms with E-state index in [1.54, 1.807) is 30.0 Å². The van der Waals surface area contributed by atoms with Crippen LogP contribution in [-0.4, -0.2) is 23.3 Å². The summed E-state index contributed by atoms with van der Waals surface area (Å²) in [5.41, 5.74) is 2.87. The first-order chi connectivity index (χ1) is 14.1. The molecule has 0 spiro atoms. The van der Waals surface area contributed by atoms with Crippen LogP contribution in [-0.2, 0) is 9.59 Å². The Labute approximate surface area is 167 Å². The number of amides is 2. The highest BCUT2D eigenvalue weighted by Gasteiger charge is 2.35. The maximum atomic E-state index is 12.8. The molecule has 2 amide bonds. The Kier molecular flexibility index (Phi) is 4.05. The van der Waals surface area contributed by atoms with E-state index in [0.29, 0.717) is 29.2 Å². The molecule has 0 radical (unpaired) electrons. The normalized spacial score (nSPS) is 16.7. The van der Waals surface area contributed by atoms with Gasteiger partial charge in [0, 0.05) is 31.0 Å². The van der Waals surface area contributed by atoms with E-state index in [1.165, 1.54) is 0 Å². The van der Waals surface area contributed by atoms with Gasteiger partial charge in [-0.3, -0.25) is 9.59 Å². The molecule has 0 unspecified atom stereocenters. The van der Waals surface area contributed by atoms with Crippen LogP contribution in [0, 0.1) is 12.8 Å². The van der Waals surface area contributed by atoms with Gasteiger partial charge >= 0.3 is 0 Å². The minimum atomic E-state index is -0.406. The van der Waals surface area contributed by atoms with Gasteiger partial charge in [-0.2, -0.15) is 0 Å². The molecule has 0 aliphatic carbocycles. The third kappa shape index (κ3) is 3.12. The topological polar surface area (TPSA) is 75.4 Å². The summed E-state index contributed by atoms with van der Waals surface area (Å²) in [7, 11) is 0. The van der Waals surface area contributed by atoms with E-state index in [4.69, 9.17) is 4.42 Å². The number of nitrogens with one attached hydrogen (secondary N) is 1. The zero-order valence-electron chi connectivity index (χ0n) is 15.9. The number of benzene rings is 3. The van der Waals surface area contributed by atoms with Crippen molar-refractivity contribution in [2.75, 3.05) is 16.8 Å². The van der Waals surface area contributed by atoms with Crippen molar-refractivity contribution in [1.82, 2.24) is 4.98 Å². The first-order valence-electron chi connectivity index (χ1n) is 9.55. The van der Waals surface area contributed by atoms with Gasteiger partial charge in [-0.25, -0.2) is 4.98 Å². The first-order valence-corrected chi connectivity index (χ1v) is 9.55. The second-order valence-electron chi connectivity index (χ2n) is 7.31. The van der Waals surface area contributed by atoms with E-state index in [1.807, 2.05) is 42.5 Å². The lowest BCUT2D eigenvalue weighted by atomic mass is 10.1. The third-order valence-electron chi connectivity index (χ3n) is 5.32. The van der Waals surface area contributed by atoms with E-state index < -0.39 is 5.92 Å². The Bertz CT molecular complexity index is 1260. The third-order valence-corrected chi connectivity index (χ3v) is 5.32. The Morgan fingerprint density at radius 3 is 2.86 bits per heavy atom. The molecular weight excluding hydrogens is 366 g/mol. The van der Waals surface area contributed by atoms with Gasteiger partial charge in [-0.1, -0.05) is 36.4 Å². The average Bonchev–Trinajstić information content (AvgIpc) is 3.29. The van der Waals surface area contributed by atoms with Gasteiger partial charge in [-0.05, 0) is 29.7 Å². The molecule has 29 heavy (non-hydrogen) atoms. The lowest BCUT2D eigenvalue weighted by molar-refractivity contribution is -0.122. The number of hydrogen-bond acceptors (Lipinski definition) is 4. The highest BCUT2D eigenvalue weighted by molar-refractivity contribution is 6.08. The van der Waals surface area contributed by atoms with Crippen LogP contribution in [0.15, 0.2) is 65.1 Å². The van der Waals surface area contributed by atoms with Crippen LogP contribution in [0.2, 0.25) is 0 Å². The minimum absolute atomic E-state index is 0.0379. The van der Waals surface area contributed by atoms with E-state index in [0.717, 1.165) is 16.5 Å². The molecule has 6 heteroatoms.